The maximum absolute atomic E-state index is 14.6. The minimum Gasteiger partial charge on any atom is -0.479 e. The molecule has 7 aliphatic rings. The fourth-order valence-corrected chi connectivity index (χ4v) is 20.6. The molecule has 656 valence electrons. The molecule has 35 nitrogen and oxygen atoms in total. The van der Waals surface area contributed by atoms with Gasteiger partial charge in [-0.2, -0.15) is 25.3 Å². The van der Waals surface area contributed by atoms with Gasteiger partial charge in [-0.25, -0.2) is 24.4 Å². The van der Waals surface area contributed by atoms with Gasteiger partial charge < -0.3 is 90.7 Å². The quantitative estimate of drug-likeness (QED) is 0.0178. The molecule has 0 spiro atoms. The number of nitrogens with zero attached hydrogens (tertiary/aromatic N) is 7. The van der Waals surface area contributed by atoms with Crippen LogP contribution >= 0.6 is 23.1 Å². The summed E-state index contributed by atoms with van der Waals surface area (Å²) < 4.78 is 59.1. The van der Waals surface area contributed by atoms with E-state index >= 15 is 0 Å². The fourth-order valence-electron chi connectivity index (χ4n) is 19.2. The van der Waals surface area contributed by atoms with Crippen LogP contribution in [-0.2, 0) is 90.4 Å². The number of rotatable bonds is 37. The summed E-state index contributed by atoms with van der Waals surface area (Å²) in [5.74, 6) is -7.41. The fraction of sp³-hybridized carbons (Fsp3) is 0.566. The van der Waals surface area contributed by atoms with Gasteiger partial charge in [-0.05, 0) is 185 Å². The van der Waals surface area contributed by atoms with E-state index in [1.165, 1.54) is 53.1 Å². The van der Waals surface area contributed by atoms with Gasteiger partial charge in [0.2, 0.25) is 29.5 Å². The second-order valence-corrected chi connectivity index (χ2v) is 38.0. The summed E-state index contributed by atoms with van der Waals surface area (Å²) in [6.45, 7) is 11.8. The zero-order chi connectivity index (χ0) is 87.4. The number of thiazole rings is 1. The first-order chi connectivity index (χ1) is 57.3. The number of ether oxygens (including phenoxy) is 4. The standard InChI is InChI=1S/C83H108N12O23S3/c1-45(2)65(90-64(98)34-94-53(37-115-28-29-121(112,113)114)31-60(75(94)106)87-72(103)48(5)119-8)74(105)85-46(3)71(102)86-52-18-16-51(50(30-52)17-20-61-67(99)68(100)69(101)70(118-61)77(109)110)36-116-79(111)92(25-23-54(97)35-96)26-27-117-83-41-80(6)38-81(7,42-83)40-82(39-80,43-83)44-95-47(4)57(32-84-95)55-19-21-63(89-66(55)76(107)108)93-24-22-49-12-11-13-56(58(49)33-93)73(104)91-78-88-59-14-9-10-15-62(59)120-78/h9-16,18-19,21,30,32,45-46,48,53-54,60-61,65,67-70,96-97,99-101H,17,20,22-29,31,33-44H2,1-8H3,(H,85,105)(H,86,102)(H,87,103)(H,90,98)(H,107,108)(H,109,110)(H,88,91,104)(H,112,113,114)/t46-,48?,53-,54-,60-,61-,65-,67-,68+,69-,70-,80?,81?,82?,83?/m0/s1. The number of aromatic carboxylic acids is 1. The minimum atomic E-state index is -4.39. The molecule has 4 bridgehead atoms. The molecule has 4 aliphatic carbocycles. The molecule has 0 radical (unpaired) electrons. The molecule has 6 heterocycles. The summed E-state index contributed by atoms with van der Waals surface area (Å²) in [6.07, 6.45) is -2.43. The lowest BCUT2D eigenvalue weighted by Gasteiger charge is -2.69. The Kier molecular flexibility index (Phi) is 28.4. The highest BCUT2D eigenvalue weighted by Gasteiger charge is 2.66. The third-order valence-electron chi connectivity index (χ3n) is 24.1. The van der Waals surface area contributed by atoms with E-state index in [-0.39, 0.29) is 85.5 Å². The number of carbonyl (C=O) groups is 9. The highest BCUT2D eigenvalue weighted by molar-refractivity contribution is 7.99. The Morgan fingerprint density at radius 2 is 1.57 bits per heavy atom. The number of hydrogen-bond donors (Lipinski definition) is 13. The second kappa shape index (κ2) is 37.8. The summed E-state index contributed by atoms with van der Waals surface area (Å²) in [6, 6.07) is 16.9. The van der Waals surface area contributed by atoms with Crippen LogP contribution in [0.5, 0.6) is 0 Å². The molecule has 6 aromatic rings. The molecule has 3 aromatic heterocycles. The summed E-state index contributed by atoms with van der Waals surface area (Å²) in [4.78, 5) is 136. The SMILES string of the molecule is CSC(C)C(=O)N[C@H]1C[C@@H](COCCS(=O)(=O)O)N(CC(=O)N[C@H](C(=O)N[C@@H](C)C(=O)Nc2ccc(COC(=O)N(CCOC34CC5(C)CC(C)(CC(Cn6ncc(-c7ccc(N8CCc9cccc(C(=O)Nc%10nc%11ccccc%11s%10)c9C8)nc7C(=O)O)c6C)(C5)C3)C4)CC[C@H](O)CO)c(CC[C@@H]3O[C@H](C(=O)O)[C@@H](O)[C@H](O)[C@H]3O)c2)C(C)C)C1=O. The van der Waals surface area contributed by atoms with E-state index in [4.69, 9.17) is 29.0 Å². The number of carboxylic acid groups (broad SMARTS) is 2. The molecule has 3 aromatic carbocycles. The van der Waals surface area contributed by atoms with Crippen LogP contribution in [-0.4, -0.2) is 268 Å². The van der Waals surface area contributed by atoms with Crippen LogP contribution in [0.3, 0.4) is 0 Å². The molecule has 7 amide bonds. The number of likely N-dealkylation sites (tertiary alicyclic amines) is 1. The predicted molar refractivity (Wildman–Crippen MR) is 445 cm³/mol. The summed E-state index contributed by atoms with van der Waals surface area (Å²) in [7, 11) is -4.39. The zero-order valence-corrected chi connectivity index (χ0v) is 71.2. The molecule has 2 saturated heterocycles. The lowest BCUT2D eigenvalue weighted by Crippen LogP contribution is -2.64. The van der Waals surface area contributed by atoms with Gasteiger partial charge in [0.1, 0.15) is 48.9 Å². The van der Waals surface area contributed by atoms with Crippen LogP contribution in [0, 0.1) is 29.1 Å². The second-order valence-electron chi connectivity index (χ2n) is 34.2. The van der Waals surface area contributed by atoms with E-state index in [0.29, 0.717) is 71.2 Å². The third kappa shape index (κ3) is 21.5. The number of nitrogens with one attached hydrogen (secondary N) is 5. The van der Waals surface area contributed by atoms with Gasteiger partial charge in [0.15, 0.2) is 16.9 Å². The van der Waals surface area contributed by atoms with E-state index in [9.17, 15) is 91.9 Å². The molecule has 13 atom stereocenters. The molecule has 121 heavy (non-hydrogen) atoms. The lowest BCUT2D eigenvalue weighted by atomic mass is 9.39. The number of benzene rings is 3. The summed E-state index contributed by atoms with van der Waals surface area (Å²) in [5.41, 5.74) is 4.32. The third-order valence-corrected chi connectivity index (χ3v) is 26.7. The molecular formula is C83H108N12O23S3. The molecular weight excluding hydrogens is 1630 g/mol. The number of amides is 7. The molecule has 38 heteroatoms. The zero-order valence-electron chi connectivity index (χ0n) is 68.8. The highest BCUT2D eigenvalue weighted by Crippen LogP contribution is 2.72. The van der Waals surface area contributed by atoms with Crippen LogP contribution in [0.1, 0.15) is 148 Å². The number of carbonyl (C=O) groups excluding carboxylic acids is 7. The average molecular weight is 1740 g/mol. The van der Waals surface area contributed by atoms with Crippen molar-refractivity contribution in [2.75, 3.05) is 80.1 Å². The number of hydrogen-bond acceptors (Lipinski definition) is 26. The summed E-state index contributed by atoms with van der Waals surface area (Å²) >= 11 is 2.63. The molecule has 6 fully saturated rings. The lowest BCUT2D eigenvalue weighted by molar-refractivity contribution is -0.248. The van der Waals surface area contributed by atoms with Crippen LogP contribution in [0.4, 0.5) is 21.4 Å². The number of carboxylic acids is 2. The van der Waals surface area contributed by atoms with E-state index in [1.54, 1.807) is 45.4 Å². The minimum absolute atomic E-state index is 0.0104. The van der Waals surface area contributed by atoms with Crippen LogP contribution < -0.4 is 31.5 Å². The monoisotopic (exact) mass is 1740 g/mol. The van der Waals surface area contributed by atoms with Crippen LogP contribution in [0.2, 0.25) is 0 Å². The van der Waals surface area contributed by atoms with E-state index in [1.807, 2.05) is 59.0 Å². The number of anilines is 3. The Hall–Kier alpha value is -9.32. The number of aliphatic hydroxyl groups excluding tert-OH is 5. The highest BCUT2D eigenvalue weighted by atomic mass is 32.2. The van der Waals surface area contributed by atoms with Crippen molar-refractivity contribution in [2.45, 2.75) is 210 Å². The number of aliphatic hydroxyl groups is 5. The number of para-hydroxylation sites is 1. The van der Waals surface area contributed by atoms with E-state index < -0.39 is 167 Å². The molecule has 4 saturated carbocycles. The van der Waals surface area contributed by atoms with Gasteiger partial charge in [-0.3, -0.25) is 43.3 Å². The largest absolute Gasteiger partial charge is 0.479 e. The van der Waals surface area contributed by atoms with E-state index in [0.717, 1.165) is 64.0 Å². The van der Waals surface area contributed by atoms with Gasteiger partial charge in [0.25, 0.3) is 16.0 Å². The maximum atomic E-state index is 14.6. The molecule has 13 rings (SSSR count). The molecule has 3 unspecified atom stereocenters. The van der Waals surface area contributed by atoms with Crippen molar-refractivity contribution in [1.29, 1.82) is 0 Å². The van der Waals surface area contributed by atoms with Gasteiger partial charge >= 0.3 is 18.0 Å². The van der Waals surface area contributed by atoms with Crippen molar-refractivity contribution in [3.05, 3.63) is 118 Å². The van der Waals surface area contributed by atoms with Crippen LogP contribution in [0.15, 0.2) is 79.0 Å². The van der Waals surface area contributed by atoms with Crippen molar-refractivity contribution in [3.8, 4) is 11.1 Å². The van der Waals surface area contributed by atoms with E-state index in [2.05, 4.69) is 45.4 Å². The maximum Gasteiger partial charge on any atom is 0.410 e. The van der Waals surface area contributed by atoms with Crippen LogP contribution in [0.25, 0.3) is 21.3 Å². The van der Waals surface area contributed by atoms with Crippen molar-refractivity contribution in [3.63, 3.8) is 0 Å². The Bertz CT molecular complexity index is 4940. The number of thioether (sulfide) groups is 1. The first kappa shape index (κ1) is 90.9. The van der Waals surface area contributed by atoms with Gasteiger partial charge in [-0.1, -0.05) is 69.4 Å². The van der Waals surface area contributed by atoms with Crippen molar-refractivity contribution >= 4 is 114 Å². The smallest absolute Gasteiger partial charge is 0.410 e. The topological polar surface area (TPSA) is 500 Å². The normalized spacial score (nSPS) is 25.3. The number of aryl methyl sites for hydroxylation is 1. The average Bonchev–Trinajstić information content (AvgIpc) is 0.814. The molecule has 3 aliphatic heterocycles. The predicted octanol–water partition coefficient (Wildman–Crippen LogP) is 5.09. The number of pyridine rings is 1. The van der Waals surface area contributed by atoms with Crippen molar-refractivity contribution in [2.24, 2.45) is 22.2 Å². The Morgan fingerprint density at radius 3 is 2.26 bits per heavy atom. The van der Waals surface area contributed by atoms with Gasteiger partial charge in [-0.15, -0.1) is 0 Å². The Morgan fingerprint density at radius 1 is 0.826 bits per heavy atom. The number of fused-ring (bicyclic) bond motifs is 2. The number of aromatic nitrogens is 4. The Balaban J connectivity index is 0.703. The summed E-state index contributed by atoms with van der Waals surface area (Å²) in [5, 5.41) is 92.1. The Labute approximate surface area is 708 Å². The van der Waals surface area contributed by atoms with Gasteiger partial charge in [0.05, 0.1) is 84.2 Å². The molecule has 13 N–H and O–H groups in total. The van der Waals surface area contributed by atoms with Gasteiger partial charge in [0, 0.05) is 60.8 Å². The number of aliphatic carboxylic acids is 1. The first-order valence-electron chi connectivity index (χ1n) is 40.5. The van der Waals surface area contributed by atoms with Crippen molar-refractivity contribution in [1.82, 2.24) is 45.5 Å². The first-order valence-corrected chi connectivity index (χ1v) is 44.2. The van der Waals surface area contributed by atoms with Crippen molar-refractivity contribution < 1.29 is 111 Å².